The van der Waals surface area contributed by atoms with E-state index in [1.165, 1.54) is 14.2 Å². The van der Waals surface area contributed by atoms with Crippen molar-refractivity contribution >= 4 is 56.5 Å². The van der Waals surface area contributed by atoms with Gasteiger partial charge in [0.05, 0.1) is 24.8 Å². The van der Waals surface area contributed by atoms with E-state index in [0.717, 1.165) is 16.7 Å². The Morgan fingerprint density at radius 3 is 2.62 bits per heavy atom. The van der Waals surface area contributed by atoms with Gasteiger partial charge in [-0.05, 0) is 64.1 Å². The summed E-state index contributed by atoms with van der Waals surface area (Å²) in [6, 6.07) is 12.2. The number of thioether (sulfide) groups is 1. The molecule has 1 aliphatic heterocycles. The van der Waals surface area contributed by atoms with Gasteiger partial charge in [-0.1, -0.05) is 12.1 Å². The van der Waals surface area contributed by atoms with E-state index < -0.39 is 17.1 Å². The molecule has 29 heavy (non-hydrogen) atoms. The summed E-state index contributed by atoms with van der Waals surface area (Å²) in [5.74, 6) is 0.111. The Balaban J connectivity index is 1.77. The second-order valence-corrected chi connectivity index (χ2v) is 7.75. The molecule has 150 valence electrons. The van der Waals surface area contributed by atoms with Crippen molar-refractivity contribution in [2.75, 3.05) is 26.1 Å². The lowest BCUT2D eigenvalue weighted by molar-refractivity contribution is -0.127. The van der Waals surface area contributed by atoms with Crippen molar-refractivity contribution in [1.29, 1.82) is 0 Å². The molecule has 0 spiro atoms. The van der Waals surface area contributed by atoms with Gasteiger partial charge in [-0.3, -0.25) is 19.3 Å². The minimum atomic E-state index is -0.535. The summed E-state index contributed by atoms with van der Waals surface area (Å²) < 4.78 is 11.2. The molecule has 2 aromatic carbocycles. The Kier molecular flexibility index (Phi) is 6.60. The third-order valence-corrected chi connectivity index (χ3v) is 5.65. The van der Waals surface area contributed by atoms with E-state index in [-0.39, 0.29) is 11.4 Å². The summed E-state index contributed by atoms with van der Waals surface area (Å²) in [5, 5.41) is 2.17. The van der Waals surface area contributed by atoms with E-state index in [2.05, 4.69) is 21.2 Å². The monoisotopic (exact) mass is 476 g/mol. The van der Waals surface area contributed by atoms with E-state index in [1.54, 1.807) is 42.5 Å². The van der Waals surface area contributed by atoms with Gasteiger partial charge in [-0.2, -0.15) is 0 Å². The van der Waals surface area contributed by atoms with Crippen LogP contribution in [0, 0.1) is 0 Å². The first kappa shape index (κ1) is 20.9. The van der Waals surface area contributed by atoms with Crippen molar-refractivity contribution in [3.05, 3.63) is 57.4 Å². The van der Waals surface area contributed by atoms with E-state index in [9.17, 15) is 14.4 Å². The third-order valence-electron chi connectivity index (χ3n) is 4.05. The average molecular weight is 477 g/mol. The highest BCUT2D eigenvalue weighted by Gasteiger charge is 2.36. The summed E-state index contributed by atoms with van der Waals surface area (Å²) in [6.45, 7) is -0.376. The number of benzene rings is 2. The van der Waals surface area contributed by atoms with E-state index in [0.29, 0.717) is 27.2 Å². The first-order chi connectivity index (χ1) is 13.9. The zero-order valence-electron chi connectivity index (χ0n) is 15.6. The maximum atomic E-state index is 12.7. The first-order valence-corrected chi connectivity index (χ1v) is 10.1. The molecule has 0 atom stereocenters. The molecule has 1 heterocycles. The van der Waals surface area contributed by atoms with Crippen molar-refractivity contribution in [3.63, 3.8) is 0 Å². The van der Waals surface area contributed by atoms with Gasteiger partial charge in [-0.15, -0.1) is 0 Å². The van der Waals surface area contributed by atoms with Gasteiger partial charge in [-0.25, -0.2) is 0 Å². The maximum absolute atomic E-state index is 12.7. The van der Waals surface area contributed by atoms with E-state index in [1.807, 2.05) is 6.07 Å². The highest BCUT2D eigenvalue weighted by atomic mass is 79.9. The molecule has 7 nitrogen and oxygen atoms in total. The third kappa shape index (κ3) is 4.80. The van der Waals surface area contributed by atoms with Gasteiger partial charge in [0.2, 0.25) is 5.91 Å². The predicted octanol–water partition coefficient (Wildman–Crippen LogP) is 4.14. The summed E-state index contributed by atoms with van der Waals surface area (Å²) in [6.07, 6.45) is 1.55. The molecule has 0 saturated carbocycles. The smallest absolute Gasteiger partial charge is 0.294 e. The number of carbonyl (C=O) groups excluding carboxylic acids is 3. The molecule has 2 aromatic rings. The number of rotatable bonds is 6. The number of imide groups is 1. The molecule has 3 rings (SSSR count). The van der Waals surface area contributed by atoms with Crippen LogP contribution in [0.1, 0.15) is 5.56 Å². The average Bonchev–Trinajstić information content (AvgIpc) is 2.97. The highest BCUT2D eigenvalue weighted by molar-refractivity contribution is 9.10. The number of anilines is 1. The minimum Gasteiger partial charge on any atom is -0.497 e. The summed E-state index contributed by atoms with van der Waals surface area (Å²) in [5.41, 5.74) is 1.15. The number of ether oxygens (including phenoxy) is 2. The van der Waals surface area contributed by atoms with Crippen LogP contribution >= 0.6 is 27.7 Å². The van der Waals surface area contributed by atoms with Crippen LogP contribution in [0.4, 0.5) is 10.5 Å². The largest absolute Gasteiger partial charge is 0.497 e. The topological polar surface area (TPSA) is 84.9 Å². The lowest BCUT2D eigenvalue weighted by atomic mass is 10.1. The molecule has 1 saturated heterocycles. The van der Waals surface area contributed by atoms with Crippen molar-refractivity contribution in [1.82, 2.24) is 4.90 Å². The predicted molar refractivity (Wildman–Crippen MR) is 115 cm³/mol. The fraction of sp³-hybridized carbons (Fsp3) is 0.150. The summed E-state index contributed by atoms with van der Waals surface area (Å²) in [4.78, 5) is 38.4. The molecule has 0 aromatic heterocycles. The van der Waals surface area contributed by atoms with Crippen LogP contribution in [0.5, 0.6) is 11.5 Å². The number of nitrogens with one attached hydrogen (secondary N) is 1. The lowest BCUT2D eigenvalue weighted by Gasteiger charge is -2.13. The molecule has 0 unspecified atom stereocenters. The van der Waals surface area contributed by atoms with Gasteiger partial charge in [0.15, 0.2) is 0 Å². The number of methoxy groups -OCH3 is 2. The first-order valence-electron chi connectivity index (χ1n) is 8.44. The van der Waals surface area contributed by atoms with Gasteiger partial charge in [0.1, 0.15) is 18.0 Å². The molecule has 1 N–H and O–H groups in total. The van der Waals surface area contributed by atoms with Crippen molar-refractivity contribution in [2.45, 2.75) is 0 Å². The van der Waals surface area contributed by atoms with Crippen molar-refractivity contribution in [3.8, 4) is 11.5 Å². The fourth-order valence-electron chi connectivity index (χ4n) is 2.63. The Bertz CT molecular complexity index is 1010. The summed E-state index contributed by atoms with van der Waals surface area (Å²) >= 11 is 4.11. The molecular weight excluding hydrogens is 460 g/mol. The van der Waals surface area contributed by atoms with Crippen LogP contribution in [0.25, 0.3) is 6.08 Å². The molecular formula is C20H17BrN2O5S. The second kappa shape index (κ2) is 9.15. The summed E-state index contributed by atoms with van der Waals surface area (Å²) in [7, 11) is 3.04. The molecule has 1 fully saturated rings. The Morgan fingerprint density at radius 2 is 1.93 bits per heavy atom. The van der Waals surface area contributed by atoms with Crippen LogP contribution in [-0.4, -0.2) is 42.7 Å². The number of hydrogen-bond donors (Lipinski definition) is 1. The number of hydrogen-bond acceptors (Lipinski definition) is 6. The maximum Gasteiger partial charge on any atom is 0.294 e. The van der Waals surface area contributed by atoms with Gasteiger partial charge in [0, 0.05) is 10.0 Å². The number of para-hydroxylation sites is 1. The van der Waals surface area contributed by atoms with Crippen molar-refractivity contribution in [2.24, 2.45) is 0 Å². The normalized spacial score (nSPS) is 15.0. The molecule has 0 radical (unpaired) electrons. The number of halogens is 1. The quantitative estimate of drug-likeness (QED) is 0.630. The zero-order valence-corrected chi connectivity index (χ0v) is 18.0. The van der Waals surface area contributed by atoms with Crippen LogP contribution in [0.2, 0.25) is 0 Å². The fourth-order valence-corrected chi connectivity index (χ4v) is 3.84. The molecule has 1 aliphatic rings. The zero-order chi connectivity index (χ0) is 21.0. The van der Waals surface area contributed by atoms with Crippen LogP contribution < -0.4 is 14.8 Å². The van der Waals surface area contributed by atoms with E-state index >= 15 is 0 Å². The lowest BCUT2D eigenvalue weighted by Crippen LogP contribution is -2.36. The Hall–Kier alpha value is -2.78. The number of nitrogens with zero attached hydrogens (tertiary/aromatic N) is 1. The highest BCUT2D eigenvalue weighted by Crippen LogP contribution is 2.35. The Morgan fingerprint density at radius 1 is 1.17 bits per heavy atom. The van der Waals surface area contributed by atoms with Crippen LogP contribution in [0.3, 0.4) is 0 Å². The molecule has 3 amide bonds. The number of amides is 3. The second-order valence-electron chi connectivity index (χ2n) is 5.90. The van der Waals surface area contributed by atoms with Gasteiger partial charge >= 0.3 is 0 Å². The molecule has 0 aliphatic carbocycles. The van der Waals surface area contributed by atoms with E-state index in [4.69, 9.17) is 9.47 Å². The molecule has 0 bridgehead atoms. The van der Waals surface area contributed by atoms with Gasteiger partial charge in [0.25, 0.3) is 11.1 Å². The molecule has 9 heteroatoms. The van der Waals surface area contributed by atoms with Crippen LogP contribution in [0.15, 0.2) is 51.8 Å². The minimum absolute atomic E-state index is 0.204. The van der Waals surface area contributed by atoms with Crippen molar-refractivity contribution < 1.29 is 23.9 Å². The SMILES string of the molecule is COc1ccc(OC)c(/C=C2/SC(=O)N(CC(=O)Nc3ccccc3Br)C2=O)c1. The van der Waals surface area contributed by atoms with Gasteiger partial charge < -0.3 is 14.8 Å². The number of carbonyl (C=O) groups is 3. The Labute approximate surface area is 180 Å². The van der Waals surface area contributed by atoms with Crippen LogP contribution in [-0.2, 0) is 9.59 Å². The standard InChI is InChI=1S/C20H17BrN2O5S/c1-27-13-7-8-16(28-2)12(9-13)10-17-19(25)23(20(26)29-17)11-18(24)22-15-6-4-3-5-14(15)21/h3-10H,11H2,1-2H3,(H,22,24)/b17-10+.